The fraction of sp³-hybridized carbons (Fsp3) is 0.200. The van der Waals surface area contributed by atoms with E-state index < -0.39 is 0 Å². The third-order valence-electron chi connectivity index (χ3n) is 2.74. The van der Waals surface area contributed by atoms with E-state index in [1.54, 1.807) is 0 Å². The molecule has 0 aliphatic rings. The first-order valence-corrected chi connectivity index (χ1v) is 6.42. The van der Waals surface area contributed by atoms with Crippen LogP contribution in [-0.4, -0.2) is 12.2 Å². The van der Waals surface area contributed by atoms with Crippen LogP contribution < -0.4 is 10.1 Å². The summed E-state index contributed by atoms with van der Waals surface area (Å²) < 4.78 is 5.75. The Morgan fingerprint density at radius 2 is 1.95 bits per heavy atom. The van der Waals surface area contributed by atoms with E-state index in [1.807, 2.05) is 49.5 Å². The summed E-state index contributed by atoms with van der Waals surface area (Å²) in [6, 6.07) is 13.0. The molecule has 2 N–H and O–H groups in total. The first-order chi connectivity index (χ1) is 9.24. The van der Waals surface area contributed by atoms with E-state index in [0.717, 1.165) is 17.7 Å². The summed E-state index contributed by atoms with van der Waals surface area (Å²) >= 11 is 6.20. The van der Waals surface area contributed by atoms with Gasteiger partial charge in [0.05, 0.1) is 11.6 Å². The van der Waals surface area contributed by atoms with Crippen LogP contribution in [0.2, 0.25) is 5.02 Å². The largest absolute Gasteiger partial charge is 0.455 e. The predicted octanol–water partition coefficient (Wildman–Crippen LogP) is 3.34. The molecule has 100 valence electrons. The number of rotatable bonds is 5. The van der Waals surface area contributed by atoms with Crippen molar-refractivity contribution >= 4 is 11.6 Å². The van der Waals surface area contributed by atoms with E-state index >= 15 is 0 Å². The molecule has 0 saturated carbocycles. The molecular weight excluding hydrogens is 262 g/mol. The number of hydrogen-bond acceptors (Lipinski definition) is 3. The molecule has 0 bridgehead atoms. The van der Waals surface area contributed by atoms with Gasteiger partial charge in [0, 0.05) is 12.1 Å². The maximum atomic E-state index is 9.26. The van der Waals surface area contributed by atoms with Crippen LogP contribution in [0.1, 0.15) is 11.1 Å². The van der Waals surface area contributed by atoms with Gasteiger partial charge in [0.15, 0.2) is 0 Å². The smallest absolute Gasteiger partial charge is 0.146 e. The third kappa shape index (κ3) is 3.47. The summed E-state index contributed by atoms with van der Waals surface area (Å²) in [4.78, 5) is 0. The van der Waals surface area contributed by atoms with Gasteiger partial charge in [0.2, 0.25) is 0 Å². The van der Waals surface area contributed by atoms with Crippen molar-refractivity contribution in [2.45, 2.75) is 13.2 Å². The predicted molar refractivity (Wildman–Crippen MR) is 76.7 cm³/mol. The first-order valence-electron chi connectivity index (χ1n) is 6.04. The van der Waals surface area contributed by atoms with Crippen LogP contribution in [0.3, 0.4) is 0 Å². The molecule has 3 nitrogen and oxygen atoms in total. The van der Waals surface area contributed by atoms with Crippen molar-refractivity contribution in [2.24, 2.45) is 0 Å². The van der Waals surface area contributed by atoms with Crippen LogP contribution in [0.5, 0.6) is 11.5 Å². The Hall–Kier alpha value is -1.55. The second kappa shape index (κ2) is 6.57. The lowest BCUT2D eigenvalue weighted by atomic mass is 10.2. The van der Waals surface area contributed by atoms with Crippen molar-refractivity contribution in [3.8, 4) is 11.5 Å². The molecule has 0 aliphatic carbocycles. The minimum Gasteiger partial charge on any atom is -0.455 e. The van der Waals surface area contributed by atoms with Crippen molar-refractivity contribution < 1.29 is 9.84 Å². The molecule has 0 radical (unpaired) electrons. The SMILES string of the molecule is CNCc1ccc(Oc2ccccc2CO)c(Cl)c1. The summed E-state index contributed by atoms with van der Waals surface area (Å²) in [6.45, 7) is 0.693. The fourth-order valence-electron chi connectivity index (χ4n) is 1.79. The molecule has 2 rings (SSSR count). The van der Waals surface area contributed by atoms with Crippen LogP contribution >= 0.6 is 11.6 Å². The molecule has 2 aromatic rings. The Balaban J connectivity index is 2.23. The summed E-state index contributed by atoms with van der Waals surface area (Å²) in [5.41, 5.74) is 1.83. The van der Waals surface area contributed by atoms with Crippen molar-refractivity contribution in [1.29, 1.82) is 0 Å². The van der Waals surface area contributed by atoms with Crippen molar-refractivity contribution in [3.05, 3.63) is 58.6 Å². The quantitative estimate of drug-likeness (QED) is 0.881. The minimum atomic E-state index is -0.0639. The van der Waals surface area contributed by atoms with E-state index in [1.165, 1.54) is 0 Å². The Morgan fingerprint density at radius 1 is 1.16 bits per heavy atom. The number of ether oxygens (including phenoxy) is 1. The second-order valence-corrected chi connectivity index (χ2v) is 4.57. The number of hydrogen-bond donors (Lipinski definition) is 2. The van der Waals surface area contributed by atoms with Crippen LogP contribution in [-0.2, 0) is 13.2 Å². The molecule has 0 spiro atoms. The molecule has 0 saturated heterocycles. The molecule has 0 fully saturated rings. The van der Waals surface area contributed by atoms with Crippen LogP contribution in [0.4, 0.5) is 0 Å². The monoisotopic (exact) mass is 277 g/mol. The topological polar surface area (TPSA) is 41.5 Å². The lowest BCUT2D eigenvalue weighted by Gasteiger charge is -2.11. The van der Waals surface area contributed by atoms with E-state index in [9.17, 15) is 5.11 Å². The van der Waals surface area contributed by atoms with Gasteiger partial charge < -0.3 is 15.2 Å². The van der Waals surface area contributed by atoms with Gasteiger partial charge in [-0.1, -0.05) is 35.9 Å². The summed E-state index contributed by atoms with van der Waals surface area (Å²) in [6.07, 6.45) is 0. The fourth-order valence-corrected chi connectivity index (χ4v) is 2.04. The number of nitrogens with one attached hydrogen (secondary N) is 1. The number of benzene rings is 2. The Labute approximate surface area is 117 Å². The average molecular weight is 278 g/mol. The van der Waals surface area contributed by atoms with Gasteiger partial charge in [-0.2, -0.15) is 0 Å². The molecule has 0 unspecified atom stereocenters. The number of halogens is 1. The molecule has 0 heterocycles. The molecule has 0 aromatic heterocycles. The Morgan fingerprint density at radius 3 is 2.63 bits per heavy atom. The van der Waals surface area contributed by atoms with Crippen LogP contribution in [0, 0.1) is 0 Å². The van der Waals surface area contributed by atoms with E-state index in [0.29, 0.717) is 16.5 Å². The van der Waals surface area contributed by atoms with Crippen LogP contribution in [0.25, 0.3) is 0 Å². The van der Waals surface area contributed by atoms with E-state index in [2.05, 4.69) is 5.32 Å². The zero-order valence-electron chi connectivity index (χ0n) is 10.7. The zero-order valence-corrected chi connectivity index (χ0v) is 11.4. The first kappa shape index (κ1) is 13.9. The van der Waals surface area contributed by atoms with E-state index in [4.69, 9.17) is 16.3 Å². The minimum absolute atomic E-state index is 0.0639. The van der Waals surface area contributed by atoms with Crippen molar-refractivity contribution in [2.75, 3.05) is 7.05 Å². The molecule has 4 heteroatoms. The summed E-state index contributed by atoms with van der Waals surface area (Å²) in [5.74, 6) is 1.20. The van der Waals surface area contributed by atoms with Crippen molar-refractivity contribution in [3.63, 3.8) is 0 Å². The van der Waals surface area contributed by atoms with Gasteiger partial charge in [-0.25, -0.2) is 0 Å². The van der Waals surface area contributed by atoms with Crippen LogP contribution in [0.15, 0.2) is 42.5 Å². The van der Waals surface area contributed by atoms with Gasteiger partial charge in [-0.05, 0) is 30.8 Å². The molecular formula is C15H16ClNO2. The van der Waals surface area contributed by atoms with Gasteiger partial charge >= 0.3 is 0 Å². The summed E-state index contributed by atoms with van der Waals surface area (Å²) in [7, 11) is 1.88. The number of aliphatic hydroxyl groups excluding tert-OH is 1. The summed E-state index contributed by atoms with van der Waals surface area (Å²) in [5, 5.41) is 12.9. The highest BCUT2D eigenvalue weighted by Crippen LogP contribution is 2.31. The maximum Gasteiger partial charge on any atom is 0.146 e. The highest BCUT2D eigenvalue weighted by atomic mass is 35.5. The second-order valence-electron chi connectivity index (χ2n) is 4.16. The molecule has 2 aromatic carbocycles. The van der Waals surface area contributed by atoms with Gasteiger partial charge in [-0.3, -0.25) is 0 Å². The molecule has 0 aliphatic heterocycles. The Kier molecular flexibility index (Phi) is 4.80. The molecule has 0 atom stereocenters. The van der Waals surface area contributed by atoms with E-state index in [-0.39, 0.29) is 6.61 Å². The lowest BCUT2D eigenvalue weighted by molar-refractivity contribution is 0.276. The van der Waals surface area contributed by atoms with Gasteiger partial charge in [0.1, 0.15) is 11.5 Å². The lowest BCUT2D eigenvalue weighted by Crippen LogP contribution is -2.04. The Bertz CT molecular complexity index is 558. The highest BCUT2D eigenvalue weighted by Gasteiger charge is 2.07. The standard InChI is InChI=1S/C15H16ClNO2/c1-17-9-11-6-7-15(13(16)8-11)19-14-5-3-2-4-12(14)10-18/h2-8,17-18H,9-10H2,1H3. The average Bonchev–Trinajstić information content (AvgIpc) is 2.43. The normalized spacial score (nSPS) is 10.5. The van der Waals surface area contributed by atoms with Gasteiger partial charge in [0.25, 0.3) is 0 Å². The van der Waals surface area contributed by atoms with Gasteiger partial charge in [-0.15, -0.1) is 0 Å². The zero-order chi connectivity index (χ0) is 13.7. The highest BCUT2D eigenvalue weighted by molar-refractivity contribution is 6.32. The number of aliphatic hydroxyl groups is 1. The maximum absolute atomic E-state index is 9.26. The van der Waals surface area contributed by atoms with Crippen molar-refractivity contribution in [1.82, 2.24) is 5.32 Å². The molecule has 19 heavy (non-hydrogen) atoms. The number of para-hydroxylation sites is 1. The molecule has 0 amide bonds. The third-order valence-corrected chi connectivity index (χ3v) is 3.04.